The van der Waals surface area contributed by atoms with Gasteiger partial charge in [0.05, 0.1) is 11.6 Å². The van der Waals surface area contributed by atoms with E-state index < -0.39 is 16.4 Å². The van der Waals surface area contributed by atoms with Crippen molar-refractivity contribution < 1.29 is 14.1 Å². The molecule has 1 aliphatic rings. The Kier molecular flexibility index (Phi) is 5.57. The van der Waals surface area contributed by atoms with Crippen molar-refractivity contribution in [3.05, 3.63) is 23.2 Å². The largest absolute Gasteiger partial charge is 0.611 e. The van der Waals surface area contributed by atoms with Crippen LogP contribution in [-0.4, -0.2) is 28.9 Å². The number of amides is 1. The molecule has 0 spiro atoms. The first-order valence-corrected chi connectivity index (χ1v) is 8.33. The van der Waals surface area contributed by atoms with Crippen molar-refractivity contribution in [2.45, 2.75) is 36.3 Å². The number of ether oxygens (including phenoxy) is 1. The van der Waals surface area contributed by atoms with Crippen LogP contribution in [-0.2, 0) is 16.0 Å². The van der Waals surface area contributed by atoms with Crippen molar-refractivity contribution in [2.75, 3.05) is 13.2 Å². The molecular formula is C14H18ClNO3S. The van der Waals surface area contributed by atoms with Crippen molar-refractivity contribution in [1.29, 1.82) is 0 Å². The van der Waals surface area contributed by atoms with Gasteiger partial charge >= 0.3 is 0 Å². The fraction of sp³-hybridized carbons (Fsp3) is 0.500. The fourth-order valence-corrected chi connectivity index (χ4v) is 3.74. The van der Waals surface area contributed by atoms with Crippen LogP contribution in [0, 0.1) is 0 Å². The number of nitrogens with one attached hydrogen (secondary N) is 1. The van der Waals surface area contributed by atoms with E-state index in [1.165, 1.54) is 0 Å². The number of halogens is 1. The lowest BCUT2D eigenvalue weighted by molar-refractivity contribution is -0.120. The molecule has 1 heterocycles. The minimum atomic E-state index is -1.38. The summed E-state index contributed by atoms with van der Waals surface area (Å²) < 4.78 is 18.0. The zero-order valence-electron chi connectivity index (χ0n) is 11.4. The molecule has 0 aromatic heterocycles. The molecule has 0 bridgehead atoms. The summed E-state index contributed by atoms with van der Waals surface area (Å²) in [6.45, 7) is 3.01. The van der Waals surface area contributed by atoms with Gasteiger partial charge in [-0.3, -0.25) is 4.79 Å². The minimum Gasteiger partial charge on any atom is -0.611 e. The number of carbonyl (C=O) groups is 1. The van der Waals surface area contributed by atoms with Crippen molar-refractivity contribution in [2.24, 2.45) is 0 Å². The van der Waals surface area contributed by atoms with Gasteiger partial charge in [-0.05, 0) is 43.1 Å². The molecule has 1 N–H and O–H groups in total. The van der Waals surface area contributed by atoms with Gasteiger partial charge in [-0.1, -0.05) is 11.6 Å². The summed E-state index contributed by atoms with van der Waals surface area (Å²) in [5.41, 5.74) is 0. The maximum atomic E-state index is 12.6. The quantitative estimate of drug-likeness (QED) is 0.868. The molecule has 0 saturated carbocycles. The van der Waals surface area contributed by atoms with Crippen LogP contribution < -0.4 is 10.1 Å². The third-order valence-corrected chi connectivity index (χ3v) is 5.18. The summed E-state index contributed by atoms with van der Waals surface area (Å²) in [6.07, 6.45) is 2.48. The van der Waals surface area contributed by atoms with Gasteiger partial charge in [-0.2, -0.15) is 0 Å². The Morgan fingerprint density at radius 1 is 1.50 bits per heavy atom. The van der Waals surface area contributed by atoms with Crippen LogP contribution in [0.3, 0.4) is 0 Å². The van der Waals surface area contributed by atoms with Crippen molar-refractivity contribution >= 4 is 28.7 Å². The number of carbonyl (C=O) groups excluding carboxylic acids is 1. The molecule has 1 aromatic rings. The van der Waals surface area contributed by atoms with Gasteiger partial charge in [0.15, 0.2) is 10.1 Å². The normalized spacial score (nSPS) is 20.9. The highest BCUT2D eigenvalue weighted by molar-refractivity contribution is 7.92. The van der Waals surface area contributed by atoms with Crippen molar-refractivity contribution in [1.82, 2.24) is 5.32 Å². The van der Waals surface area contributed by atoms with E-state index >= 15 is 0 Å². The number of hydrogen-bond donors (Lipinski definition) is 1. The van der Waals surface area contributed by atoms with Gasteiger partial charge in [-0.15, -0.1) is 0 Å². The summed E-state index contributed by atoms with van der Waals surface area (Å²) in [5.74, 6) is 0.378. The van der Waals surface area contributed by atoms with Crippen LogP contribution in [0.5, 0.6) is 5.75 Å². The highest BCUT2D eigenvalue weighted by Gasteiger charge is 2.33. The number of hydrogen-bond acceptors (Lipinski definition) is 3. The maximum absolute atomic E-state index is 12.6. The lowest BCUT2D eigenvalue weighted by Gasteiger charge is -2.19. The third kappa shape index (κ3) is 3.59. The predicted octanol–water partition coefficient (Wildman–Crippen LogP) is 2.52. The van der Waals surface area contributed by atoms with Crippen LogP contribution >= 0.6 is 11.6 Å². The van der Waals surface area contributed by atoms with E-state index in [0.29, 0.717) is 35.2 Å². The third-order valence-electron chi connectivity index (χ3n) is 3.18. The lowest BCUT2D eigenvalue weighted by atomic mass is 10.2. The Morgan fingerprint density at radius 2 is 2.30 bits per heavy atom. The zero-order chi connectivity index (χ0) is 14.5. The topological polar surface area (TPSA) is 61.4 Å². The number of rotatable bonds is 4. The maximum Gasteiger partial charge on any atom is 0.273 e. The SMILES string of the molecule is CCOc1cc([S+]([O-])C2CCCCNC2=O)ccc1Cl. The van der Waals surface area contributed by atoms with Crippen molar-refractivity contribution in [3.63, 3.8) is 0 Å². The predicted molar refractivity (Wildman–Crippen MR) is 79.7 cm³/mol. The Labute approximate surface area is 127 Å². The van der Waals surface area contributed by atoms with Crippen LogP contribution in [0.1, 0.15) is 26.2 Å². The summed E-state index contributed by atoms with van der Waals surface area (Å²) in [7, 11) is 0. The van der Waals surface area contributed by atoms with Gasteiger partial charge in [0.1, 0.15) is 5.75 Å². The summed E-state index contributed by atoms with van der Waals surface area (Å²) in [4.78, 5) is 12.5. The Hall–Kier alpha value is -0.910. The highest BCUT2D eigenvalue weighted by Crippen LogP contribution is 2.30. The second-order valence-electron chi connectivity index (χ2n) is 4.60. The molecule has 6 heteroatoms. The molecule has 1 fully saturated rings. The van der Waals surface area contributed by atoms with Crippen LogP contribution in [0.25, 0.3) is 0 Å². The second kappa shape index (κ2) is 7.20. The standard InChI is InChI=1S/C14H18ClNO3S/c1-2-19-12-9-10(6-7-11(12)15)20(18)13-5-3-4-8-16-14(13)17/h6-7,9,13H,2-5,8H2,1H3,(H,16,17). The Morgan fingerprint density at radius 3 is 3.05 bits per heavy atom. The minimum absolute atomic E-state index is 0.131. The first-order valence-electron chi connectivity index (χ1n) is 6.74. The molecule has 110 valence electrons. The van der Waals surface area contributed by atoms with Gasteiger partial charge in [0, 0.05) is 19.0 Å². The summed E-state index contributed by atoms with van der Waals surface area (Å²) in [6, 6.07) is 5.02. The molecule has 20 heavy (non-hydrogen) atoms. The van der Waals surface area contributed by atoms with E-state index in [9.17, 15) is 9.35 Å². The van der Waals surface area contributed by atoms with Gasteiger partial charge < -0.3 is 14.6 Å². The van der Waals surface area contributed by atoms with Gasteiger partial charge in [0.2, 0.25) is 0 Å². The first kappa shape index (κ1) is 15.5. The van der Waals surface area contributed by atoms with Gasteiger partial charge in [0.25, 0.3) is 5.91 Å². The summed E-state index contributed by atoms with van der Waals surface area (Å²) in [5, 5.41) is 2.80. The van der Waals surface area contributed by atoms with Crippen molar-refractivity contribution in [3.8, 4) is 5.75 Å². The van der Waals surface area contributed by atoms with Crippen LogP contribution in [0.15, 0.2) is 23.1 Å². The zero-order valence-corrected chi connectivity index (χ0v) is 12.9. The lowest BCUT2D eigenvalue weighted by Crippen LogP contribution is -2.38. The molecule has 0 aliphatic carbocycles. The molecule has 1 amide bonds. The highest BCUT2D eigenvalue weighted by atomic mass is 35.5. The average molecular weight is 316 g/mol. The molecule has 2 unspecified atom stereocenters. The summed E-state index contributed by atoms with van der Waals surface area (Å²) >= 11 is 4.63. The first-order chi connectivity index (χ1) is 9.63. The van der Waals surface area contributed by atoms with E-state index in [2.05, 4.69) is 5.32 Å². The van der Waals surface area contributed by atoms with E-state index in [1.54, 1.807) is 18.2 Å². The second-order valence-corrected chi connectivity index (χ2v) is 6.64. The molecule has 1 saturated heterocycles. The Bertz CT molecular complexity index is 483. The molecule has 1 aromatic carbocycles. The van der Waals surface area contributed by atoms with Crippen LogP contribution in [0.4, 0.5) is 0 Å². The molecule has 4 nitrogen and oxygen atoms in total. The van der Waals surface area contributed by atoms with E-state index in [4.69, 9.17) is 16.3 Å². The van der Waals surface area contributed by atoms with Gasteiger partial charge in [-0.25, -0.2) is 0 Å². The molecule has 0 radical (unpaired) electrons. The molecule has 2 atom stereocenters. The Balaban J connectivity index is 2.20. The average Bonchev–Trinajstić information content (AvgIpc) is 2.65. The monoisotopic (exact) mass is 315 g/mol. The molecule has 1 aliphatic heterocycles. The number of benzene rings is 1. The van der Waals surface area contributed by atoms with E-state index in [0.717, 1.165) is 12.8 Å². The van der Waals surface area contributed by atoms with Crippen LogP contribution in [0.2, 0.25) is 5.02 Å². The van der Waals surface area contributed by atoms with E-state index in [1.807, 2.05) is 6.92 Å². The molecular weight excluding hydrogens is 298 g/mol. The smallest absolute Gasteiger partial charge is 0.273 e. The fourth-order valence-electron chi connectivity index (χ4n) is 2.15. The molecule has 2 rings (SSSR count). The van der Waals surface area contributed by atoms with E-state index in [-0.39, 0.29) is 5.91 Å².